The second kappa shape index (κ2) is 12.2. The number of halogens is 1. The Kier molecular flexibility index (Phi) is 9.12. The zero-order chi connectivity index (χ0) is 26.1. The molecule has 0 bridgehead atoms. The van der Waals surface area contributed by atoms with Crippen molar-refractivity contribution in [3.05, 3.63) is 94.3 Å². The van der Waals surface area contributed by atoms with E-state index in [1.807, 2.05) is 4.72 Å². The molecule has 1 aromatic heterocycles. The smallest absolute Gasteiger partial charge is 0.269 e. The number of pyridine rings is 1. The van der Waals surface area contributed by atoms with Crippen molar-refractivity contribution in [1.82, 2.24) is 20.3 Å². The van der Waals surface area contributed by atoms with Gasteiger partial charge in [0.05, 0.1) is 17.1 Å². The van der Waals surface area contributed by atoms with Crippen molar-refractivity contribution in [3.63, 3.8) is 0 Å². The third-order valence-corrected chi connectivity index (χ3v) is 6.52. The van der Waals surface area contributed by atoms with Gasteiger partial charge in [0, 0.05) is 29.9 Å². The molecule has 0 aliphatic heterocycles. The van der Waals surface area contributed by atoms with Crippen LogP contribution in [-0.4, -0.2) is 55.9 Å². The van der Waals surface area contributed by atoms with Crippen LogP contribution in [0.1, 0.15) is 36.8 Å². The summed E-state index contributed by atoms with van der Waals surface area (Å²) in [6.45, 7) is 0.162. The Hall–Kier alpha value is -3.80. The Balaban J connectivity index is 1.54. The number of nitrogens with one attached hydrogen (secondary N) is 3. The summed E-state index contributed by atoms with van der Waals surface area (Å²) in [6, 6.07) is 14.9. The minimum absolute atomic E-state index is 0.0165. The molecular formula is C24H23ClN4O6S. The van der Waals surface area contributed by atoms with E-state index in [2.05, 4.69) is 15.6 Å². The zero-order valence-corrected chi connectivity index (χ0v) is 20.5. The highest BCUT2D eigenvalue weighted by Gasteiger charge is 2.19. The Bertz CT molecular complexity index is 1330. The van der Waals surface area contributed by atoms with Gasteiger partial charge in [-0.3, -0.25) is 19.4 Å². The number of amides is 3. The fourth-order valence-corrected chi connectivity index (χ4v) is 4.12. The molecule has 36 heavy (non-hydrogen) atoms. The van der Waals surface area contributed by atoms with Crippen LogP contribution in [0.2, 0.25) is 5.02 Å². The number of benzene rings is 2. The van der Waals surface area contributed by atoms with Crippen LogP contribution in [0.3, 0.4) is 0 Å². The Morgan fingerprint density at radius 3 is 2.06 bits per heavy atom. The molecule has 0 unspecified atom stereocenters. The molecule has 0 atom stereocenters. The number of rotatable bonds is 10. The predicted octanol–water partition coefficient (Wildman–Crippen LogP) is 1.55. The second-order valence-electron chi connectivity index (χ2n) is 7.50. The topological polar surface area (TPSA) is 155 Å². The Morgan fingerprint density at radius 1 is 0.806 bits per heavy atom. The van der Waals surface area contributed by atoms with Gasteiger partial charge in [0.2, 0.25) is 0 Å². The van der Waals surface area contributed by atoms with Crippen molar-refractivity contribution in [1.29, 1.82) is 0 Å². The molecule has 3 amide bonds. The van der Waals surface area contributed by atoms with E-state index in [-0.39, 0.29) is 35.2 Å². The van der Waals surface area contributed by atoms with Gasteiger partial charge in [0.1, 0.15) is 5.69 Å². The van der Waals surface area contributed by atoms with Gasteiger partial charge in [-0.1, -0.05) is 23.7 Å². The van der Waals surface area contributed by atoms with Crippen LogP contribution in [-0.2, 0) is 16.4 Å². The average Bonchev–Trinajstić information content (AvgIpc) is 2.87. The van der Waals surface area contributed by atoms with Gasteiger partial charge in [0.15, 0.2) is 0 Å². The number of carbonyl (C=O) groups excluding carboxylic acids is 3. The summed E-state index contributed by atoms with van der Waals surface area (Å²) in [5.41, 5.74) is 1.23. The number of aliphatic hydroxyl groups excluding tert-OH is 1. The quantitative estimate of drug-likeness (QED) is 0.310. The van der Waals surface area contributed by atoms with Gasteiger partial charge in [-0.25, -0.2) is 13.1 Å². The lowest BCUT2D eigenvalue weighted by atomic mass is 10.1. The molecule has 4 N–H and O–H groups in total. The molecule has 0 fully saturated rings. The third-order valence-electron chi connectivity index (χ3n) is 4.92. The number of carbonyl (C=O) groups is 3. The molecule has 188 valence electrons. The number of nitrogens with zero attached hydrogens (tertiary/aromatic N) is 1. The van der Waals surface area contributed by atoms with E-state index >= 15 is 0 Å². The predicted molar refractivity (Wildman–Crippen MR) is 132 cm³/mol. The lowest BCUT2D eigenvalue weighted by molar-refractivity contribution is 0.0934. The highest BCUT2D eigenvalue weighted by atomic mass is 35.5. The van der Waals surface area contributed by atoms with E-state index in [1.165, 1.54) is 24.3 Å². The van der Waals surface area contributed by atoms with E-state index in [0.717, 1.165) is 11.8 Å². The van der Waals surface area contributed by atoms with Gasteiger partial charge >= 0.3 is 0 Å². The van der Waals surface area contributed by atoms with Gasteiger partial charge < -0.3 is 15.7 Å². The van der Waals surface area contributed by atoms with Crippen LogP contribution in [0.25, 0.3) is 0 Å². The summed E-state index contributed by atoms with van der Waals surface area (Å²) in [7, 11) is -4.15. The maximum atomic E-state index is 12.6. The maximum Gasteiger partial charge on any atom is 0.269 e. The van der Waals surface area contributed by atoms with Gasteiger partial charge in [-0.2, -0.15) is 0 Å². The van der Waals surface area contributed by atoms with E-state index in [4.69, 9.17) is 16.7 Å². The first-order valence-electron chi connectivity index (χ1n) is 10.7. The normalized spacial score (nSPS) is 10.9. The molecule has 3 rings (SSSR count). The second-order valence-corrected chi connectivity index (χ2v) is 9.62. The van der Waals surface area contributed by atoms with Crippen LogP contribution in [0.15, 0.2) is 71.8 Å². The van der Waals surface area contributed by atoms with E-state index in [1.54, 1.807) is 36.4 Å². The van der Waals surface area contributed by atoms with Gasteiger partial charge in [-0.05, 0) is 60.5 Å². The molecular weight excluding hydrogens is 508 g/mol. The van der Waals surface area contributed by atoms with Crippen LogP contribution in [0, 0.1) is 0 Å². The van der Waals surface area contributed by atoms with E-state index < -0.39 is 21.8 Å². The largest absolute Gasteiger partial charge is 0.395 e. The first-order valence-corrected chi connectivity index (χ1v) is 12.6. The summed E-state index contributed by atoms with van der Waals surface area (Å²) < 4.78 is 27.2. The van der Waals surface area contributed by atoms with Crippen molar-refractivity contribution in [2.45, 2.75) is 11.3 Å². The monoisotopic (exact) mass is 530 g/mol. The van der Waals surface area contributed by atoms with Crippen LogP contribution in [0.4, 0.5) is 0 Å². The van der Waals surface area contributed by atoms with Crippen LogP contribution < -0.4 is 15.4 Å². The molecule has 2 aromatic carbocycles. The fourth-order valence-electron chi connectivity index (χ4n) is 3.02. The first-order chi connectivity index (χ1) is 17.2. The molecule has 0 radical (unpaired) electrons. The fraction of sp³-hybridized carbons (Fsp3) is 0.167. The van der Waals surface area contributed by atoms with Crippen molar-refractivity contribution in [3.8, 4) is 0 Å². The number of hydrogen-bond acceptors (Lipinski definition) is 7. The first kappa shape index (κ1) is 26.8. The van der Waals surface area contributed by atoms with Crippen molar-refractivity contribution < 1.29 is 27.9 Å². The maximum absolute atomic E-state index is 12.6. The SMILES string of the molecule is O=C(NCCc1ccc(S(=O)(=O)NC(=O)c2ccc(C(=O)NCCO)nc2)cc1)c1ccc(Cl)cc1. The summed E-state index contributed by atoms with van der Waals surface area (Å²) in [5, 5.41) is 14.5. The van der Waals surface area contributed by atoms with Crippen molar-refractivity contribution in [2.75, 3.05) is 19.7 Å². The Labute approximate surface area is 212 Å². The Morgan fingerprint density at radius 2 is 1.44 bits per heavy atom. The van der Waals surface area contributed by atoms with Crippen molar-refractivity contribution >= 4 is 39.3 Å². The van der Waals surface area contributed by atoms with Gasteiger partial charge in [0.25, 0.3) is 27.7 Å². The molecule has 0 spiro atoms. The van der Waals surface area contributed by atoms with Crippen LogP contribution >= 0.6 is 11.6 Å². The standard InChI is InChI=1S/C24H23ClN4O6S/c25-19-6-3-17(4-7-19)22(31)26-12-11-16-1-8-20(9-2-16)36(34,35)29-23(32)18-5-10-21(28-15-18)24(33)27-13-14-30/h1-10,15,30H,11-14H2,(H,26,31)(H,27,33)(H,29,32). The minimum Gasteiger partial charge on any atom is -0.395 e. The minimum atomic E-state index is -4.15. The third kappa shape index (κ3) is 7.35. The molecule has 3 aromatic rings. The summed E-state index contributed by atoms with van der Waals surface area (Å²) in [5.74, 6) is -1.69. The average molecular weight is 531 g/mol. The molecule has 0 saturated carbocycles. The highest BCUT2D eigenvalue weighted by Crippen LogP contribution is 2.13. The number of sulfonamides is 1. The van der Waals surface area contributed by atoms with Crippen molar-refractivity contribution in [2.24, 2.45) is 0 Å². The summed E-state index contributed by atoms with van der Waals surface area (Å²) in [6.07, 6.45) is 1.55. The molecule has 12 heteroatoms. The lowest BCUT2D eigenvalue weighted by Crippen LogP contribution is -2.31. The zero-order valence-electron chi connectivity index (χ0n) is 18.9. The lowest BCUT2D eigenvalue weighted by Gasteiger charge is -2.09. The molecule has 10 nitrogen and oxygen atoms in total. The molecule has 0 saturated heterocycles. The number of aliphatic hydroxyl groups is 1. The summed E-state index contributed by atoms with van der Waals surface area (Å²) >= 11 is 5.81. The van der Waals surface area contributed by atoms with Gasteiger partial charge in [-0.15, -0.1) is 0 Å². The molecule has 0 aliphatic rings. The number of aromatic nitrogens is 1. The highest BCUT2D eigenvalue weighted by molar-refractivity contribution is 7.90. The summed E-state index contributed by atoms with van der Waals surface area (Å²) in [4.78, 5) is 40.0. The number of hydrogen-bond donors (Lipinski definition) is 4. The van der Waals surface area contributed by atoms with Crippen LogP contribution in [0.5, 0.6) is 0 Å². The van der Waals surface area contributed by atoms with E-state index in [9.17, 15) is 22.8 Å². The molecule has 1 heterocycles. The molecule has 0 aliphatic carbocycles. The van der Waals surface area contributed by atoms with E-state index in [0.29, 0.717) is 23.6 Å².